The lowest BCUT2D eigenvalue weighted by Gasteiger charge is -2.10. The standard InChI is InChI=1S/C12H10Br2O2S/c1-16-8-4-2-7(3-5-8)11(15)12-9(13)6-10(14)17-12/h2-6,11,15H,1H3. The first-order valence-corrected chi connectivity index (χ1v) is 7.29. The zero-order chi connectivity index (χ0) is 12.4. The van der Waals surface area contributed by atoms with Crippen molar-refractivity contribution in [1.82, 2.24) is 0 Å². The van der Waals surface area contributed by atoms with Gasteiger partial charge < -0.3 is 9.84 Å². The van der Waals surface area contributed by atoms with Gasteiger partial charge in [-0.3, -0.25) is 0 Å². The van der Waals surface area contributed by atoms with E-state index in [4.69, 9.17) is 4.74 Å². The Labute approximate surface area is 121 Å². The summed E-state index contributed by atoms with van der Waals surface area (Å²) in [4.78, 5) is 0.891. The minimum Gasteiger partial charge on any atom is -0.497 e. The summed E-state index contributed by atoms with van der Waals surface area (Å²) in [6, 6.07) is 9.35. The first-order chi connectivity index (χ1) is 8.11. The van der Waals surface area contributed by atoms with Crippen LogP contribution in [0.5, 0.6) is 5.75 Å². The molecule has 0 fully saturated rings. The SMILES string of the molecule is COc1ccc(C(O)c2sc(Br)cc2Br)cc1. The summed E-state index contributed by atoms with van der Waals surface area (Å²) in [5, 5.41) is 10.3. The van der Waals surface area contributed by atoms with E-state index in [0.29, 0.717) is 0 Å². The Morgan fingerprint density at radius 2 is 1.88 bits per heavy atom. The van der Waals surface area contributed by atoms with Gasteiger partial charge >= 0.3 is 0 Å². The average Bonchev–Trinajstić information content (AvgIpc) is 2.68. The number of benzene rings is 1. The van der Waals surface area contributed by atoms with E-state index in [1.807, 2.05) is 30.3 Å². The van der Waals surface area contributed by atoms with Crippen molar-refractivity contribution in [3.8, 4) is 5.75 Å². The normalized spacial score (nSPS) is 12.5. The molecule has 1 atom stereocenters. The molecule has 2 nitrogen and oxygen atoms in total. The summed E-state index contributed by atoms with van der Waals surface area (Å²) in [7, 11) is 1.62. The summed E-state index contributed by atoms with van der Waals surface area (Å²) in [5.74, 6) is 0.785. The van der Waals surface area contributed by atoms with Crippen LogP contribution in [-0.4, -0.2) is 12.2 Å². The fourth-order valence-corrected chi connectivity index (χ4v) is 4.17. The lowest BCUT2D eigenvalue weighted by Crippen LogP contribution is -1.97. The molecule has 0 radical (unpaired) electrons. The minimum absolute atomic E-state index is 0.619. The van der Waals surface area contributed by atoms with Crippen LogP contribution in [0.3, 0.4) is 0 Å². The number of rotatable bonds is 3. The van der Waals surface area contributed by atoms with Gasteiger partial charge in [0.1, 0.15) is 11.9 Å². The lowest BCUT2D eigenvalue weighted by atomic mass is 10.1. The van der Waals surface area contributed by atoms with E-state index in [9.17, 15) is 5.11 Å². The summed E-state index contributed by atoms with van der Waals surface area (Å²) in [5.41, 5.74) is 0.848. The highest BCUT2D eigenvalue weighted by Crippen LogP contribution is 2.38. The van der Waals surface area contributed by atoms with Crippen LogP contribution in [0.4, 0.5) is 0 Å². The van der Waals surface area contributed by atoms with Crippen LogP contribution in [0.25, 0.3) is 0 Å². The topological polar surface area (TPSA) is 29.5 Å². The van der Waals surface area contributed by atoms with Crippen LogP contribution in [0.1, 0.15) is 16.5 Å². The number of thiophene rings is 1. The third-order valence-electron chi connectivity index (χ3n) is 2.36. The van der Waals surface area contributed by atoms with Crippen molar-refractivity contribution >= 4 is 43.2 Å². The summed E-state index contributed by atoms with van der Waals surface area (Å²) < 4.78 is 6.99. The Morgan fingerprint density at radius 3 is 2.35 bits per heavy atom. The van der Waals surface area contributed by atoms with Crippen molar-refractivity contribution in [3.05, 3.63) is 49.0 Å². The molecule has 0 spiro atoms. The van der Waals surface area contributed by atoms with Gasteiger partial charge in [0.25, 0.3) is 0 Å². The highest BCUT2D eigenvalue weighted by atomic mass is 79.9. The number of ether oxygens (including phenoxy) is 1. The monoisotopic (exact) mass is 376 g/mol. The van der Waals surface area contributed by atoms with Crippen molar-refractivity contribution in [3.63, 3.8) is 0 Å². The maximum atomic E-state index is 10.3. The molecule has 0 amide bonds. The maximum Gasteiger partial charge on any atom is 0.118 e. The number of aliphatic hydroxyl groups is 1. The summed E-state index contributed by atoms with van der Waals surface area (Å²) in [6.07, 6.45) is -0.619. The number of hydrogen-bond donors (Lipinski definition) is 1. The number of aliphatic hydroxyl groups excluding tert-OH is 1. The number of halogens is 2. The van der Waals surface area contributed by atoms with Crippen LogP contribution in [0.2, 0.25) is 0 Å². The Kier molecular flexibility index (Phi) is 4.25. The maximum absolute atomic E-state index is 10.3. The second-order valence-electron chi connectivity index (χ2n) is 3.44. The van der Waals surface area contributed by atoms with E-state index in [0.717, 1.165) is 24.4 Å². The predicted molar refractivity (Wildman–Crippen MR) is 76.8 cm³/mol. The smallest absolute Gasteiger partial charge is 0.118 e. The first-order valence-electron chi connectivity index (χ1n) is 4.88. The highest BCUT2D eigenvalue weighted by Gasteiger charge is 2.16. The quantitative estimate of drug-likeness (QED) is 0.860. The molecule has 0 saturated carbocycles. The molecular weight excluding hydrogens is 368 g/mol. The molecule has 0 aliphatic carbocycles. The van der Waals surface area contributed by atoms with E-state index in [-0.39, 0.29) is 0 Å². The third kappa shape index (κ3) is 2.91. The second kappa shape index (κ2) is 5.52. The molecule has 1 unspecified atom stereocenters. The fraction of sp³-hybridized carbons (Fsp3) is 0.167. The molecule has 0 aliphatic heterocycles. The van der Waals surface area contributed by atoms with E-state index in [1.165, 1.54) is 11.3 Å². The molecular formula is C12H10Br2O2S. The molecule has 5 heteroatoms. The second-order valence-corrected chi connectivity index (χ2v) is 6.76. The van der Waals surface area contributed by atoms with Gasteiger partial charge in [-0.25, -0.2) is 0 Å². The molecule has 1 N–H and O–H groups in total. The zero-order valence-corrected chi connectivity index (χ0v) is 13.0. The van der Waals surface area contributed by atoms with Crippen molar-refractivity contribution in [1.29, 1.82) is 0 Å². The molecule has 0 bridgehead atoms. The third-order valence-corrected chi connectivity index (χ3v) is 4.97. The van der Waals surface area contributed by atoms with Gasteiger partial charge in [0.15, 0.2) is 0 Å². The van der Waals surface area contributed by atoms with Gasteiger partial charge in [-0.1, -0.05) is 12.1 Å². The Morgan fingerprint density at radius 1 is 1.24 bits per heavy atom. The molecule has 17 heavy (non-hydrogen) atoms. The number of methoxy groups -OCH3 is 1. The Bertz CT molecular complexity index is 508. The van der Waals surface area contributed by atoms with Crippen LogP contribution < -0.4 is 4.74 Å². The van der Waals surface area contributed by atoms with Crippen LogP contribution in [-0.2, 0) is 0 Å². The van der Waals surface area contributed by atoms with Gasteiger partial charge in [0.05, 0.1) is 15.8 Å². The molecule has 90 valence electrons. The first kappa shape index (κ1) is 13.1. The van der Waals surface area contributed by atoms with Gasteiger partial charge in [0, 0.05) is 4.47 Å². The highest BCUT2D eigenvalue weighted by molar-refractivity contribution is 9.11. The van der Waals surface area contributed by atoms with Crippen LogP contribution >= 0.6 is 43.2 Å². The van der Waals surface area contributed by atoms with E-state index in [2.05, 4.69) is 31.9 Å². The predicted octanol–water partition coefficient (Wildman–Crippen LogP) is 4.36. The van der Waals surface area contributed by atoms with Crippen molar-refractivity contribution in [2.45, 2.75) is 6.10 Å². The average molecular weight is 378 g/mol. The molecule has 1 heterocycles. The molecule has 2 aromatic rings. The fourth-order valence-electron chi connectivity index (χ4n) is 1.48. The van der Waals surface area contributed by atoms with E-state index in [1.54, 1.807) is 7.11 Å². The molecule has 0 saturated heterocycles. The van der Waals surface area contributed by atoms with Crippen LogP contribution in [0.15, 0.2) is 38.6 Å². The van der Waals surface area contributed by atoms with Crippen molar-refractivity contribution in [2.24, 2.45) is 0 Å². The van der Waals surface area contributed by atoms with E-state index >= 15 is 0 Å². The van der Waals surface area contributed by atoms with Crippen LogP contribution in [0, 0.1) is 0 Å². The summed E-state index contributed by atoms with van der Waals surface area (Å²) >= 11 is 8.36. The Hall–Kier alpha value is -0.360. The summed E-state index contributed by atoms with van der Waals surface area (Å²) in [6.45, 7) is 0. The van der Waals surface area contributed by atoms with Gasteiger partial charge in [-0.15, -0.1) is 11.3 Å². The largest absolute Gasteiger partial charge is 0.497 e. The van der Waals surface area contributed by atoms with E-state index < -0.39 is 6.10 Å². The van der Waals surface area contributed by atoms with Gasteiger partial charge in [-0.05, 0) is 55.6 Å². The molecule has 0 aliphatic rings. The van der Waals surface area contributed by atoms with Crippen molar-refractivity contribution in [2.75, 3.05) is 7.11 Å². The molecule has 2 rings (SSSR count). The molecule has 1 aromatic carbocycles. The molecule has 1 aromatic heterocycles. The lowest BCUT2D eigenvalue weighted by molar-refractivity contribution is 0.223. The van der Waals surface area contributed by atoms with Crippen molar-refractivity contribution < 1.29 is 9.84 Å². The van der Waals surface area contributed by atoms with Gasteiger partial charge in [-0.2, -0.15) is 0 Å². The number of hydrogen-bond acceptors (Lipinski definition) is 3. The zero-order valence-electron chi connectivity index (χ0n) is 8.98. The van der Waals surface area contributed by atoms with Gasteiger partial charge in [0.2, 0.25) is 0 Å². The minimum atomic E-state index is -0.619. The Balaban J connectivity index is 2.30.